The Morgan fingerprint density at radius 3 is 1.61 bits per heavy atom. The van der Waals surface area contributed by atoms with Crippen LogP contribution in [0.3, 0.4) is 0 Å². The van der Waals surface area contributed by atoms with E-state index in [1.165, 1.54) is 0 Å². The summed E-state index contributed by atoms with van der Waals surface area (Å²) in [5.41, 5.74) is 6.14. The molecule has 1 aliphatic rings. The van der Waals surface area contributed by atoms with Crippen LogP contribution in [0, 0.1) is 27.7 Å². The predicted octanol–water partition coefficient (Wildman–Crippen LogP) is 6.48. The number of anilines is 2. The van der Waals surface area contributed by atoms with E-state index < -0.39 is 12.4 Å². The van der Waals surface area contributed by atoms with Crippen molar-refractivity contribution in [3.63, 3.8) is 0 Å². The molecule has 0 bridgehead atoms. The van der Waals surface area contributed by atoms with Gasteiger partial charge in [-0.05, 0) is 83.1 Å². The van der Waals surface area contributed by atoms with Crippen molar-refractivity contribution in [2.24, 2.45) is 0 Å². The number of hydrogen-bond donors (Lipinski definition) is 2. The molecule has 1 radical (unpaired) electrons. The van der Waals surface area contributed by atoms with Gasteiger partial charge < -0.3 is 10.6 Å². The fraction of sp³-hybridized carbons (Fsp3) is 0.481. The van der Waals surface area contributed by atoms with Gasteiger partial charge >= 0.3 is 0 Å². The van der Waals surface area contributed by atoms with Crippen LogP contribution in [0.1, 0.15) is 55.4 Å². The van der Waals surface area contributed by atoms with Crippen LogP contribution in [0.25, 0.3) is 0 Å². The Kier molecular flexibility index (Phi) is 9.86. The first-order valence-electron chi connectivity index (χ1n) is 11.8. The Balaban J connectivity index is 0.00000385. The van der Waals surface area contributed by atoms with E-state index >= 15 is 0 Å². The van der Waals surface area contributed by atoms with Crippen LogP contribution in [-0.2, 0) is 42.3 Å². The smallest absolute Gasteiger partial charge is 0.268 e. The molecule has 1 fully saturated rings. The zero-order chi connectivity index (χ0) is 23.5. The van der Waals surface area contributed by atoms with Crippen LogP contribution in [0.4, 0.5) is 11.4 Å². The molecule has 6 heteroatoms. The number of carbonyl (C=O) groups is 2. The van der Waals surface area contributed by atoms with Crippen LogP contribution >= 0.6 is 7.26 Å². The summed E-state index contributed by atoms with van der Waals surface area (Å²) in [6, 6.07) is 12.2. The molecule has 33 heavy (non-hydrogen) atoms. The Morgan fingerprint density at radius 2 is 1.24 bits per heavy atom. The molecule has 3 rings (SSSR count). The molecule has 0 saturated heterocycles. The third-order valence-electron chi connectivity index (χ3n) is 7.63. The van der Waals surface area contributed by atoms with E-state index in [2.05, 4.69) is 24.5 Å². The van der Waals surface area contributed by atoms with Crippen molar-refractivity contribution in [1.82, 2.24) is 0 Å². The SMILES string of the molecule is CC[P+](CC)(CC(=O)Nc1c(C)cccc1C)C1(C(=O)Nc2c(C)cccc2C)CCC1.[Y]. The van der Waals surface area contributed by atoms with Crippen molar-refractivity contribution in [1.29, 1.82) is 0 Å². The van der Waals surface area contributed by atoms with Crippen molar-refractivity contribution in [3.05, 3.63) is 58.7 Å². The molecule has 2 aromatic carbocycles. The Hall–Kier alpha value is -1.09. The van der Waals surface area contributed by atoms with Gasteiger partial charge in [0, 0.05) is 51.3 Å². The standard InChI is InChI=1S/C27H37N2O2P.Y/c1-7-32(8-2,18-23(30)28-24-19(3)12-9-13-20(24)4)27(16-11-17-27)26(31)29-25-21(5)14-10-15-22(25)6;/h9-10,12-15H,7-8,11,16-18H2,1-6H3,(H-,28,29,30,31);/p+1. The summed E-state index contributed by atoms with van der Waals surface area (Å²) < 4.78 is 0. The summed E-state index contributed by atoms with van der Waals surface area (Å²) in [5.74, 6) is 0.170. The Bertz CT molecular complexity index is 973. The summed E-state index contributed by atoms with van der Waals surface area (Å²) in [4.78, 5) is 27.1. The summed E-state index contributed by atoms with van der Waals surface area (Å²) in [6.45, 7) is 12.5. The average Bonchev–Trinajstić information content (AvgIpc) is 2.72. The van der Waals surface area contributed by atoms with Crippen molar-refractivity contribution >= 4 is 30.5 Å². The number of hydrogen-bond acceptors (Lipinski definition) is 2. The molecular weight excluding hydrogens is 504 g/mol. The molecule has 1 saturated carbocycles. The van der Waals surface area contributed by atoms with Crippen molar-refractivity contribution in [2.75, 3.05) is 29.1 Å². The summed E-state index contributed by atoms with van der Waals surface area (Å²) in [7, 11) is -1.86. The maximum absolute atomic E-state index is 13.8. The molecule has 0 aliphatic heterocycles. The number of aryl methyl sites for hydroxylation is 4. The van der Waals surface area contributed by atoms with Gasteiger partial charge in [-0.1, -0.05) is 36.4 Å². The molecule has 2 amide bonds. The zero-order valence-corrected chi connectivity index (χ0v) is 24.8. The molecule has 0 spiro atoms. The second-order valence-electron chi connectivity index (χ2n) is 9.36. The molecule has 1 aliphatic carbocycles. The Labute approximate surface area is 225 Å². The van der Waals surface area contributed by atoms with Crippen LogP contribution < -0.4 is 10.6 Å². The van der Waals surface area contributed by atoms with Gasteiger partial charge in [-0.15, -0.1) is 0 Å². The van der Waals surface area contributed by atoms with E-state index in [0.29, 0.717) is 6.16 Å². The molecule has 0 atom stereocenters. The van der Waals surface area contributed by atoms with Gasteiger partial charge in [0.2, 0.25) is 0 Å². The van der Waals surface area contributed by atoms with Crippen LogP contribution in [-0.4, -0.2) is 35.5 Å². The summed E-state index contributed by atoms with van der Waals surface area (Å²) in [5, 5.41) is 6.08. The molecule has 4 nitrogen and oxygen atoms in total. The number of rotatable bonds is 8. The van der Waals surface area contributed by atoms with E-state index in [9.17, 15) is 9.59 Å². The topological polar surface area (TPSA) is 58.2 Å². The van der Waals surface area contributed by atoms with E-state index in [0.717, 1.165) is 65.2 Å². The third-order valence-corrected chi connectivity index (χ3v) is 13.4. The average molecular weight is 542 g/mol. The monoisotopic (exact) mass is 542 g/mol. The van der Waals surface area contributed by atoms with Gasteiger partial charge in [0.15, 0.2) is 5.16 Å². The van der Waals surface area contributed by atoms with Crippen LogP contribution in [0.2, 0.25) is 0 Å². The Morgan fingerprint density at radius 1 is 0.818 bits per heavy atom. The van der Waals surface area contributed by atoms with Crippen molar-refractivity contribution < 1.29 is 42.3 Å². The maximum atomic E-state index is 13.8. The van der Waals surface area contributed by atoms with E-state index in [1.807, 2.05) is 64.1 Å². The van der Waals surface area contributed by atoms with Crippen molar-refractivity contribution in [3.8, 4) is 0 Å². The number of para-hydroxylation sites is 2. The van der Waals surface area contributed by atoms with Crippen LogP contribution in [0.15, 0.2) is 36.4 Å². The molecule has 2 aromatic rings. The molecule has 0 aromatic heterocycles. The fourth-order valence-electron chi connectivity index (χ4n) is 5.34. The van der Waals surface area contributed by atoms with Crippen molar-refractivity contribution in [2.45, 2.75) is 66.0 Å². The van der Waals surface area contributed by atoms with Gasteiger partial charge in [-0.3, -0.25) is 9.59 Å². The molecule has 2 N–H and O–H groups in total. The van der Waals surface area contributed by atoms with Gasteiger partial charge in [-0.25, -0.2) is 0 Å². The third kappa shape index (κ3) is 5.44. The molecule has 175 valence electrons. The molecule has 0 unspecified atom stereocenters. The second kappa shape index (κ2) is 11.6. The minimum atomic E-state index is -1.86. The first kappa shape index (κ1) is 28.2. The maximum Gasteiger partial charge on any atom is 0.268 e. The first-order chi connectivity index (χ1) is 15.2. The minimum Gasteiger partial charge on any atom is -0.322 e. The van der Waals surface area contributed by atoms with E-state index in [-0.39, 0.29) is 44.5 Å². The number of nitrogens with one attached hydrogen (secondary N) is 2. The van der Waals surface area contributed by atoms with Gasteiger partial charge in [0.25, 0.3) is 11.8 Å². The molecular formula is C27H38N2O2PY+. The summed E-state index contributed by atoms with van der Waals surface area (Å²) in [6.07, 6.45) is 5.11. The normalized spacial score (nSPS) is 14.6. The van der Waals surface area contributed by atoms with Gasteiger partial charge in [0.1, 0.15) is 6.16 Å². The molecule has 0 heterocycles. The number of carbonyl (C=O) groups excluding carboxylic acids is 2. The predicted molar refractivity (Wildman–Crippen MR) is 139 cm³/mol. The summed E-state index contributed by atoms with van der Waals surface area (Å²) >= 11 is 0. The zero-order valence-electron chi connectivity index (χ0n) is 21.0. The fourth-order valence-corrected chi connectivity index (χ4v) is 10.1. The van der Waals surface area contributed by atoms with E-state index in [1.54, 1.807) is 0 Å². The minimum absolute atomic E-state index is 0. The number of benzene rings is 2. The largest absolute Gasteiger partial charge is 0.322 e. The van der Waals surface area contributed by atoms with Gasteiger partial charge in [-0.2, -0.15) is 0 Å². The van der Waals surface area contributed by atoms with E-state index in [4.69, 9.17) is 0 Å². The number of amides is 2. The second-order valence-corrected chi connectivity index (χ2v) is 14.1. The first-order valence-corrected chi connectivity index (χ1v) is 14.1. The van der Waals surface area contributed by atoms with Crippen LogP contribution in [0.5, 0.6) is 0 Å². The van der Waals surface area contributed by atoms with Gasteiger partial charge in [0.05, 0.1) is 12.3 Å². The quantitative estimate of drug-likeness (QED) is 0.376.